The molecule has 1 aliphatic carbocycles. The van der Waals surface area contributed by atoms with Crippen LogP contribution < -0.4 is 0 Å². The van der Waals surface area contributed by atoms with E-state index in [-0.39, 0.29) is 38.0 Å². The van der Waals surface area contributed by atoms with Crippen LogP contribution in [-0.2, 0) is 14.8 Å². The number of benzene rings is 1. The summed E-state index contributed by atoms with van der Waals surface area (Å²) in [4.78, 5) is 13.6. The normalized spacial score (nSPS) is 20.6. The van der Waals surface area contributed by atoms with E-state index in [1.54, 1.807) is 4.90 Å². The van der Waals surface area contributed by atoms with E-state index in [0.717, 1.165) is 48.5 Å². The van der Waals surface area contributed by atoms with E-state index in [2.05, 4.69) is 0 Å². The predicted molar refractivity (Wildman–Crippen MR) is 88.3 cm³/mol. The Morgan fingerprint density at radius 1 is 1.00 bits per heavy atom. The molecule has 0 radical (unpaired) electrons. The fourth-order valence-corrected chi connectivity index (χ4v) is 5.07. The molecule has 0 unspecified atom stereocenters. The minimum absolute atomic E-state index is 0.0394. The van der Waals surface area contributed by atoms with Gasteiger partial charge in [-0.15, -0.1) is 0 Å². The number of halogens is 2. The molecular formula is C17H22F2N2O3S. The van der Waals surface area contributed by atoms with Crippen molar-refractivity contribution in [1.29, 1.82) is 0 Å². The van der Waals surface area contributed by atoms with Crippen molar-refractivity contribution in [2.24, 2.45) is 5.92 Å². The average molecular weight is 372 g/mol. The van der Waals surface area contributed by atoms with E-state index in [9.17, 15) is 22.0 Å². The van der Waals surface area contributed by atoms with Gasteiger partial charge in [0, 0.05) is 32.1 Å². The minimum atomic E-state index is -4.11. The zero-order chi connectivity index (χ0) is 18.0. The molecule has 1 saturated heterocycles. The molecule has 1 heterocycles. The molecule has 1 aliphatic heterocycles. The summed E-state index contributed by atoms with van der Waals surface area (Å²) in [7, 11) is -4.11. The molecule has 138 valence electrons. The molecule has 0 N–H and O–H groups in total. The van der Waals surface area contributed by atoms with Crippen LogP contribution >= 0.6 is 0 Å². The molecule has 1 amide bonds. The van der Waals surface area contributed by atoms with Gasteiger partial charge in [0.15, 0.2) is 0 Å². The molecule has 0 spiro atoms. The van der Waals surface area contributed by atoms with E-state index < -0.39 is 26.6 Å². The Morgan fingerprint density at radius 2 is 1.64 bits per heavy atom. The summed E-state index contributed by atoms with van der Waals surface area (Å²) >= 11 is 0. The molecular weight excluding hydrogens is 350 g/mol. The third-order valence-electron chi connectivity index (χ3n) is 5.02. The van der Waals surface area contributed by atoms with Crippen molar-refractivity contribution in [2.75, 3.05) is 26.2 Å². The number of piperazine rings is 1. The summed E-state index contributed by atoms with van der Waals surface area (Å²) in [5.74, 6) is -1.64. The second-order valence-electron chi connectivity index (χ2n) is 6.64. The van der Waals surface area contributed by atoms with Gasteiger partial charge in [-0.2, -0.15) is 4.31 Å². The van der Waals surface area contributed by atoms with Crippen molar-refractivity contribution in [3.63, 3.8) is 0 Å². The Balaban J connectivity index is 1.67. The molecule has 2 fully saturated rings. The van der Waals surface area contributed by atoms with Crippen molar-refractivity contribution >= 4 is 15.9 Å². The molecule has 0 bridgehead atoms. The highest BCUT2D eigenvalue weighted by Gasteiger charge is 2.34. The fourth-order valence-electron chi connectivity index (χ4n) is 3.57. The van der Waals surface area contributed by atoms with E-state index in [0.29, 0.717) is 6.07 Å². The summed E-state index contributed by atoms with van der Waals surface area (Å²) in [6.45, 7) is 0.754. The number of amides is 1. The highest BCUT2D eigenvalue weighted by molar-refractivity contribution is 7.89. The van der Waals surface area contributed by atoms with E-state index in [4.69, 9.17) is 0 Å². The lowest BCUT2D eigenvalue weighted by molar-refractivity contribution is -0.137. The first-order valence-electron chi connectivity index (χ1n) is 8.63. The van der Waals surface area contributed by atoms with Gasteiger partial charge in [0.25, 0.3) is 0 Å². The van der Waals surface area contributed by atoms with Crippen LogP contribution in [0, 0.1) is 17.6 Å². The number of carbonyl (C=O) groups is 1. The van der Waals surface area contributed by atoms with Gasteiger partial charge in [-0.3, -0.25) is 4.79 Å². The maximum atomic E-state index is 13.8. The highest BCUT2D eigenvalue weighted by Crippen LogP contribution is 2.27. The molecule has 0 aromatic heterocycles. The lowest BCUT2D eigenvalue weighted by Gasteiger charge is -2.36. The highest BCUT2D eigenvalue weighted by atomic mass is 32.2. The van der Waals surface area contributed by atoms with Gasteiger partial charge in [-0.1, -0.05) is 19.3 Å². The molecule has 1 aromatic rings. The van der Waals surface area contributed by atoms with Gasteiger partial charge in [0.05, 0.1) is 0 Å². The number of hydrogen-bond donors (Lipinski definition) is 0. The Labute approximate surface area is 146 Å². The van der Waals surface area contributed by atoms with Crippen molar-refractivity contribution in [3.8, 4) is 0 Å². The van der Waals surface area contributed by atoms with Crippen LogP contribution in [-0.4, -0.2) is 49.7 Å². The maximum absolute atomic E-state index is 13.8. The van der Waals surface area contributed by atoms with Gasteiger partial charge < -0.3 is 4.90 Å². The zero-order valence-electron chi connectivity index (χ0n) is 14.0. The third kappa shape index (κ3) is 3.84. The summed E-state index contributed by atoms with van der Waals surface area (Å²) < 4.78 is 53.4. The maximum Gasteiger partial charge on any atom is 0.246 e. The van der Waals surface area contributed by atoms with Crippen LogP contribution in [0.25, 0.3) is 0 Å². The number of hydrogen-bond acceptors (Lipinski definition) is 3. The molecule has 1 saturated carbocycles. The lowest BCUT2D eigenvalue weighted by atomic mass is 9.88. The van der Waals surface area contributed by atoms with Crippen LogP contribution in [0.3, 0.4) is 0 Å². The quantitative estimate of drug-likeness (QED) is 0.819. The van der Waals surface area contributed by atoms with Crippen LogP contribution in [0.5, 0.6) is 0 Å². The molecule has 0 atom stereocenters. The molecule has 2 aliphatic rings. The average Bonchev–Trinajstić information content (AvgIpc) is 2.64. The van der Waals surface area contributed by atoms with E-state index >= 15 is 0 Å². The number of rotatable bonds is 3. The van der Waals surface area contributed by atoms with Gasteiger partial charge in [-0.25, -0.2) is 17.2 Å². The molecule has 1 aromatic carbocycles. The first-order valence-corrected chi connectivity index (χ1v) is 10.1. The Kier molecular flexibility index (Phi) is 5.38. The van der Waals surface area contributed by atoms with Crippen molar-refractivity contribution < 1.29 is 22.0 Å². The van der Waals surface area contributed by atoms with E-state index in [1.165, 1.54) is 0 Å². The summed E-state index contributed by atoms with van der Waals surface area (Å²) in [5.41, 5.74) is 0. The Bertz CT molecular complexity index is 740. The van der Waals surface area contributed by atoms with Crippen molar-refractivity contribution in [2.45, 2.75) is 37.0 Å². The lowest BCUT2D eigenvalue weighted by Crippen LogP contribution is -2.52. The van der Waals surface area contributed by atoms with Crippen molar-refractivity contribution in [3.05, 3.63) is 29.8 Å². The van der Waals surface area contributed by atoms with Crippen LogP contribution in [0.15, 0.2) is 23.1 Å². The SMILES string of the molecule is O=C(C1CCCCC1)N1CCN(S(=O)(=O)c2cc(F)ccc2F)CC1. The number of sulfonamides is 1. The second-order valence-corrected chi connectivity index (χ2v) is 8.55. The smallest absolute Gasteiger partial charge is 0.246 e. The fraction of sp³-hybridized carbons (Fsp3) is 0.588. The largest absolute Gasteiger partial charge is 0.340 e. The third-order valence-corrected chi connectivity index (χ3v) is 6.93. The molecule has 5 nitrogen and oxygen atoms in total. The summed E-state index contributed by atoms with van der Waals surface area (Å²) in [6, 6.07) is 2.39. The number of nitrogens with zero attached hydrogens (tertiary/aromatic N) is 2. The van der Waals surface area contributed by atoms with Gasteiger partial charge in [0.2, 0.25) is 15.9 Å². The zero-order valence-corrected chi connectivity index (χ0v) is 14.8. The van der Waals surface area contributed by atoms with Crippen LogP contribution in [0.1, 0.15) is 32.1 Å². The molecule has 25 heavy (non-hydrogen) atoms. The first kappa shape index (κ1) is 18.3. The Hall–Kier alpha value is -1.54. The second kappa shape index (κ2) is 7.37. The van der Waals surface area contributed by atoms with E-state index in [1.807, 2.05) is 0 Å². The first-order chi connectivity index (χ1) is 11.9. The van der Waals surface area contributed by atoms with Crippen LogP contribution in [0.2, 0.25) is 0 Å². The monoisotopic (exact) mass is 372 g/mol. The van der Waals surface area contributed by atoms with Gasteiger partial charge in [0.1, 0.15) is 16.5 Å². The standard InChI is InChI=1S/C17H22F2N2O3S/c18-14-6-7-15(19)16(12-14)25(23,24)21-10-8-20(9-11-21)17(22)13-4-2-1-3-5-13/h6-7,12-13H,1-5,8-11H2. The predicted octanol–water partition coefficient (Wildman–Crippen LogP) is 2.38. The molecule has 3 rings (SSSR count). The minimum Gasteiger partial charge on any atom is -0.340 e. The summed E-state index contributed by atoms with van der Waals surface area (Å²) in [5, 5.41) is 0. The summed E-state index contributed by atoms with van der Waals surface area (Å²) in [6.07, 6.45) is 5.07. The Morgan fingerprint density at radius 3 is 2.28 bits per heavy atom. The number of carbonyl (C=O) groups excluding carboxylic acids is 1. The van der Waals surface area contributed by atoms with Gasteiger partial charge in [-0.05, 0) is 31.0 Å². The van der Waals surface area contributed by atoms with Gasteiger partial charge >= 0.3 is 0 Å². The molecule has 8 heteroatoms. The van der Waals surface area contributed by atoms with Crippen molar-refractivity contribution in [1.82, 2.24) is 9.21 Å². The van der Waals surface area contributed by atoms with Crippen LogP contribution in [0.4, 0.5) is 8.78 Å². The topological polar surface area (TPSA) is 57.7 Å².